The molecular weight excluding hydrogens is 243 g/mol. The summed E-state index contributed by atoms with van der Waals surface area (Å²) in [6, 6.07) is 1.81. The third-order valence-corrected chi connectivity index (χ3v) is 2.79. The molecule has 1 aromatic heterocycles. The third-order valence-electron chi connectivity index (χ3n) is 2.32. The molecule has 0 fully saturated rings. The van der Waals surface area contributed by atoms with Gasteiger partial charge in [0.2, 0.25) is 0 Å². The van der Waals surface area contributed by atoms with E-state index in [-0.39, 0.29) is 0 Å². The van der Waals surface area contributed by atoms with Crippen molar-refractivity contribution < 1.29 is 0 Å². The first-order chi connectivity index (χ1) is 7.29. The van der Waals surface area contributed by atoms with Crippen molar-refractivity contribution in [3.05, 3.63) is 21.9 Å². The van der Waals surface area contributed by atoms with E-state index in [0.29, 0.717) is 15.7 Å². The van der Waals surface area contributed by atoms with E-state index in [4.69, 9.17) is 23.2 Å². The van der Waals surface area contributed by atoms with Crippen LogP contribution in [0.2, 0.25) is 10.3 Å². The number of rotatable bonds is 3. The predicted octanol–water partition coefficient (Wildman–Crippen LogP) is 4.54. The zero-order chi connectivity index (χ0) is 12.3. The van der Waals surface area contributed by atoms with E-state index >= 15 is 0 Å². The van der Waals surface area contributed by atoms with Crippen molar-refractivity contribution in [3.63, 3.8) is 0 Å². The Labute approximate surface area is 107 Å². The molecule has 0 aliphatic heterocycles. The number of anilines is 1. The fraction of sp³-hybridized carbons (Fsp3) is 0.583. The summed E-state index contributed by atoms with van der Waals surface area (Å²) < 4.78 is 0. The van der Waals surface area contributed by atoms with Crippen molar-refractivity contribution in [3.8, 4) is 0 Å². The molecule has 2 nitrogen and oxygen atoms in total. The van der Waals surface area contributed by atoms with Crippen LogP contribution >= 0.6 is 23.2 Å². The minimum Gasteiger partial charge on any atom is -0.382 e. The predicted molar refractivity (Wildman–Crippen MR) is 71.6 cm³/mol. The Bertz CT molecular complexity index is 347. The van der Waals surface area contributed by atoms with Crippen LogP contribution in [-0.4, -0.2) is 11.5 Å². The molecule has 0 atom stereocenters. The molecule has 1 aromatic rings. The van der Waals surface area contributed by atoms with E-state index in [1.807, 2.05) is 13.0 Å². The van der Waals surface area contributed by atoms with Gasteiger partial charge in [-0.2, -0.15) is 0 Å². The average Bonchev–Trinajstić information content (AvgIpc) is 2.07. The summed E-state index contributed by atoms with van der Waals surface area (Å²) in [6.07, 6.45) is 1.07. The van der Waals surface area contributed by atoms with Crippen LogP contribution in [-0.2, 0) is 0 Å². The smallest absolute Gasteiger partial charge is 0.154 e. The van der Waals surface area contributed by atoms with Gasteiger partial charge in [0.05, 0.1) is 5.69 Å². The Morgan fingerprint density at radius 3 is 2.44 bits per heavy atom. The zero-order valence-electron chi connectivity index (χ0n) is 10.2. The minimum atomic E-state index is 0.313. The molecule has 0 saturated heterocycles. The van der Waals surface area contributed by atoms with E-state index < -0.39 is 0 Å². The van der Waals surface area contributed by atoms with Crippen LogP contribution in [0.1, 0.15) is 32.8 Å². The van der Waals surface area contributed by atoms with Gasteiger partial charge in [0.15, 0.2) is 5.15 Å². The monoisotopic (exact) mass is 260 g/mol. The fourth-order valence-electron chi connectivity index (χ4n) is 1.37. The lowest BCUT2D eigenvalue weighted by Crippen LogP contribution is -2.13. The highest BCUT2D eigenvalue weighted by atomic mass is 35.5. The normalized spacial score (nSPS) is 11.6. The van der Waals surface area contributed by atoms with Crippen LogP contribution in [0.15, 0.2) is 6.07 Å². The van der Waals surface area contributed by atoms with Crippen LogP contribution in [0.3, 0.4) is 0 Å². The third kappa shape index (κ3) is 4.18. The van der Waals surface area contributed by atoms with Crippen LogP contribution in [0.5, 0.6) is 0 Å². The number of pyridine rings is 1. The molecule has 0 aliphatic carbocycles. The first kappa shape index (κ1) is 13.6. The molecule has 1 rings (SSSR count). The second kappa shape index (κ2) is 5.24. The van der Waals surface area contributed by atoms with Crippen molar-refractivity contribution in [2.24, 2.45) is 5.41 Å². The van der Waals surface area contributed by atoms with E-state index in [1.165, 1.54) is 0 Å². The van der Waals surface area contributed by atoms with E-state index in [2.05, 4.69) is 31.1 Å². The Morgan fingerprint density at radius 1 is 1.31 bits per heavy atom. The van der Waals surface area contributed by atoms with Crippen LogP contribution in [0, 0.1) is 12.3 Å². The highest BCUT2D eigenvalue weighted by molar-refractivity contribution is 6.34. The standard InChI is InChI=1S/C12H18Cl2N2/c1-8-7-9(13)16-11(14)10(8)15-6-5-12(2,3)4/h7,15H,5-6H2,1-4H3. The Morgan fingerprint density at radius 2 is 1.94 bits per heavy atom. The topological polar surface area (TPSA) is 24.9 Å². The summed E-state index contributed by atoms with van der Waals surface area (Å²) in [5.41, 5.74) is 2.22. The fourth-order valence-corrected chi connectivity index (χ4v) is 1.97. The van der Waals surface area contributed by atoms with Gasteiger partial charge in [-0.1, -0.05) is 44.0 Å². The molecule has 4 heteroatoms. The lowest BCUT2D eigenvalue weighted by Gasteiger charge is -2.19. The molecule has 0 saturated carbocycles. The Balaban J connectivity index is 2.68. The molecule has 1 N–H and O–H groups in total. The van der Waals surface area contributed by atoms with Crippen LogP contribution in [0.25, 0.3) is 0 Å². The molecule has 90 valence electrons. The molecule has 0 aromatic carbocycles. The van der Waals surface area contributed by atoms with E-state index in [9.17, 15) is 0 Å². The van der Waals surface area contributed by atoms with Gasteiger partial charge in [-0.15, -0.1) is 0 Å². The summed E-state index contributed by atoms with van der Waals surface area (Å²) in [4.78, 5) is 4.02. The SMILES string of the molecule is Cc1cc(Cl)nc(Cl)c1NCCC(C)(C)C. The first-order valence-electron chi connectivity index (χ1n) is 5.36. The molecule has 0 amide bonds. The molecular formula is C12H18Cl2N2. The van der Waals surface area contributed by atoms with Gasteiger partial charge in [0.25, 0.3) is 0 Å². The molecule has 0 bridgehead atoms. The molecule has 0 aliphatic rings. The lowest BCUT2D eigenvalue weighted by atomic mass is 9.92. The first-order valence-corrected chi connectivity index (χ1v) is 6.12. The minimum absolute atomic E-state index is 0.313. The molecule has 0 radical (unpaired) electrons. The highest BCUT2D eigenvalue weighted by Gasteiger charge is 2.11. The average molecular weight is 261 g/mol. The molecule has 1 heterocycles. The van der Waals surface area contributed by atoms with Crippen LogP contribution in [0.4, 0.5) is 5.69 Å². The largest absolute Gasteiger partial charge is 0.382 e. The number of nitrogens with one attached hydrogen (secondary N) is 1. The Kier molecular flexibility index (Phi) is 4.45. The van der Waals surface area contributed by atoms with E-state index in [1.54, 1.807) is 0 Å². The number of halogens is 2. The number of aromatic nitrogens is 1. The van der Waals surface area contributed by atoms with Crippen molar-refractivity contribution in [1.29, 1.82) is 0 Å². The number of aryl methyl sites for hydroxylation is 1. The molecule has 16 heavy (non-hydrogen) atoms. The summed E-state index contributed by atoms with van der Waals surface area (Å²) >= 11 is 11.8. The van der Waals surface area contributed by atoms with Gasteiger partial charge in [0.1, 0.15) is 5.15 Å². The highest BCUT2D eigenvalue weighted by Crippen LogP contribution is 2.27. The summed E-state index contributed by atoms with van der Waals surface area (Å²) in [7, 11) is 0. The summed E-state index contributed by atoms with van der Waals surface area (Å²) in [5, 5.41) is 4.19. The van der Waals surface area contributed by atoms with Crippen LogP contribution < -0.4 is 5.32 Å². The van der Waals surface area contributed by atoms with Gasteiger partial charge in [-0.3, -0.25) is 0 Å². The second-order valence-electron chi connectivity index (χ2n) is 5.17. The Hall–Kier alpha value is -0.470. The van der Waals surface area contributed by atoms with E-state index in [0.717, 1.165) is 24.2 Å². The number of nitrogens with zero attached hydrogens (tertiary/aromatic N) is 1. The van der Waals surface area contributed by atoms with Gasteiger partial charge in [-0.05, 0) is 30.4 Å². The second-order valence-corrected chi connectivity index (χ2v) is 5.91. The maximum atomic E-state index is 6.03. The maximum absolute atomic E-state index is 6.03. The lowest BCUT2D eigenvalue weighted by molar-refractivity contribution is 0.390. The number of hydrogen-bond donors (Lipinski definition) is 1. The van der Waals surface area contributed by atoms with Gasteiger partial charge in [0, 0.05) is 6.54 Å². The quantitative estimate of drug-likeness (QED) is 0.807. The molecule has 0 spiro atoms. The zero-order valence-corrected chi connectivity index (χ0v) is 11.7. The number of hydrogen-bond acceptors (Lipinski definition) is 2. The van der Waals surface area contributed by atoms with Gasteiger partial charge >= 0.3 is 0 Å². The van der Waals surface area contributed by atoms with Gasteiger partial charge in [-0.25, -0.2) is 4.98 Å². The maximum Gasteiger partial charge on any atom is 0.154 e. The van der Waals surface area contributed by atoms with Crippen molar-refractivity contribution in [2.75, 3.05) is 11.9 Å². The van der Waals surface area contributed by atoms with Gasteiger partial charge < -0.3 is 5.32 Å². The summed E-state index contributed by atoms with van der Waals surface area (Å²) in [5.74, 6) is 0. The molecule has 0 unspecified atom stereocenters. The van der Waals surface area contributed by atoms with Crippen molar-refractivity contribution >= 4 is 28.9 Å². The summed E-state index contributed by atoms with van der Waals surface area (Å²) in [6.45, 7) is 9.49. The van der Waals surface area contributed by atoms with Crippen molar-refractivity contribution in [1.82, 2.24) is 4.98 Å². The van der Waals surface area contributed by atoms with Crippen molar-refractivity contribution in [2.45, 2.75) is 34.1 Å².